The molecule has 0 fully saturated rings. The summed E-state index contributed by atoms with van der Waals surface area (Å²) < 4.78 is 29.9. The highest BCUT2D eigenvalue weighted by Gasteiger charge is 2.17. The molecule has 0 unspecified atom stereocenters. The first-order chi connectivity index (χ1) is 7.95. The Morgan fingerprint density at radius 2 is 2.18 bits per heavy atom. The minimum atomic E-state index is -2.76. The standard InChI is InChI=1S/C10H13F2N3O2/c1-2-17-7(16)4-5-3-6(9(11)12)8(13)10(14)15-5/h3,9H,2,4,13H2,1H3,(H2,14,15). The monoisotopic (exact) mass is 245 g/mol. The Bertz CT molecular complexity index is 424. The Hall–Kier alpha value is -1.92. The molecule has 0 aliphatic heterocycles. The lowest BCUT2D eigenvalue weighted by Gasteiger charge is -2.09. The predicted octanol–water partition coefficient (Wildman–Crippen LogP) is 1.29. The molecule has 1 aromatic heterocycles. The summed E-state index contributed by atoms with van der Waals surface area (Å²) >= 11 is 0. The van der Waals surface area contributed by atoms with E-state index in [2.05, 4.69) is 9.72 Å². The molecule has 0 radical (unpaired) electrons. The number of ether oxygens (including phenoxy) is 1. The quantitative estimate of drug-likeness (QED) is 0.780. The molecule has 7 heteroatoms. The zero-order valence-electron chi connectivity index (χ0n) is 9.24. The number of hydrogen-bond donors (Lipinski definition) is 2. The average Bonchev–Trinajstić information content (AvgIpc) is 2.23. The molecular weight excluding hydrogens is 232 g/mol. The van der Waals surface area contributed by atoms with E-state index in [-0.39, 0.29) is 30.2 Å². The summed E-state index contributed by atoms with van der Waals surface area (Å²) in [6.45, 7) is 1.86. The first-order valence-corrected chi connectivity index (χ1v) is 4.94. The average molecular weight is 245 g/mol. The second-order valence-electron chi connectivity index (χ2n) is 3.28. The number of hydrogen-bond acceptors (Lipinski definition) is 5. The lowest BCUT2D eigenvalue weighted by atomic mass is 10.1. The topological polar surface area (TPSA) is 91.2 Å². The fraction of sp³-hybridized carbons (Fsp3) is 0.400. The van der Waals surface area contributed by atoms with E-state index in [0.717, 1.165) is 6.07 Å². The van der Waals surface area contributed by atoms with Crippen molar-refractivity contribution in [1.82, 2.24) is 4.98 Å². The van der Waals surface area contributed by atoms with Crippen LogP contribution in [0, 0.1) is 0 Å². The number of halogens is 2. The molecule has 94 valence electrons. The van der Waals surface area contributed by atoms with Crippen molar-refractivity contribution in [3.63, 3.8) is 0 Å². The second kappa shape index (κ2) is 5.42. The van der Waals surface area contributed by atoms with Crippen LogP contribution >= 0.6 is 0 Å². The largest absolute Gasteiger partial charge is 0.466 e. The van der Waals surface area contributed by atoms with Gasteiger partial charge in [-0.1, -0.05) is 0 Å². The number of alkyl halides is 2. The van der Waals surface area contributed by atoms with Crippen molar-refractivity contribution < 1.29 is 18.3 Å². The third kappa shape index (κ3) is 3.27. The number of carbonyl (C=O) groups is 1. The lowest BCUT2D eigenvalue weighted by Crippen LogP contribution is -2.12. The summed E-state index contributed by atoms with van der Waals surface area (Å²) in [5.74, 6) is -0.758. The van der Waals surface area contributed by atoms with E-state index < -0.39 is 18.0 Å². The number of nitrogens with zero attached hydrogens (tertiary/aromatic N) is 1. The zero-order chi connectivity index (χ0) is 13.0. The molecule has 1 heterocycles. The van der Waals surface area contributed by atoms with Gasteiger partial charge < -0.3 is 16.2 Å². The van der Waals surface area contributed by atoms with Crippen molar-refractivity contribution >= 4 is 17.5 Å². The summed E-state index contributed by atoms with van der Waals surface area (Å²) in [6, 6.07) is 1.06. The van der Waals surface area contributed by atoms with E-state index in [0.29, 0.717) is 0 Å². The summed E-state index contributed by atoms with van der Waals surface area (Å²) in [7, 11) is 0. The van der Waals surface area contributed by atoms with Crippen molar-refractivity contribution in [2.75, 3.05) is 18.1 Å². The molecule has 0 atom stereocenters. The molecular formula is C10H13F2N3O2. The van der Waals surface area contributed by atoms with Gasteiger partial charge in [0.1, 0.15) is 5.82 Å². The molecule has 0 saturated carbocycles. The van der Waals surface area contributed by atoms with Gasteiger partial charge in [-0.05, 0) is 13.0 Å². The van der Waals surface area contributed by atoms with Crippen molar-refractivity contribution in [2.24, 2.45) is 0 Å². The van der Waals surface area contributed by atoms with E-state index in [4.69, 9.17) is 11.5 Å². The van der Waals surface area contributed by atoms with Gasteiger partial charge in [0.15, 0.2) is 0 Å². The van der Waals surface area contributed by atoms with Gasteiger partial charge in [0.05, 0.1) is 24.4 Å². The zero-order valence-corrected chi connectivity index (χ0v) is 9.24. The number of rotatable bonds is 4. The van der Waals surface area contributed by atoms with Crippen LogP contribution in [0.1, 0.15) is 24.6 Å². The Morgan fingerprint density at radius 1 is 1.53 bits per heavy atom. The van der Waals surface area contributed by atoms with Crippen molar-refractivity contribution in [3.8, 4) is 0 Å². The number of nitrogen functional groups attached to an aromatic ring is 2. The van der Waals surface area contributed by atoms with Crippen LogP contribution in [0.5, 0.6) is 0 Å². The molecule has 5 nitrogen and oxygen atoms in total. The van der Waals surface area contributed by atoms with Crippen molar-refractivity contribution in [1.29, 1.82) is 0 Å². The van der Waals surface area contributed by atoms with Crippen LogP contribution in [-0.4, -0.2) is 17.6 Å². The minimum Gasteiger partial charge on any atom is -0.466 e. The Balaban J connectivity index is 2.98. The fourth-order valence-corrected chi connectivity index (χ4v) is 1.28. The Morgan fingerprint density at radius 3 is 2.71 bits per heavy atom. The van der Waals surface area contributed by atoms with E-state index in [1.54, 1.807) is 6.92 Å². The molecule has 0 saturated heterocycles. The van der Waals surface area contributed by atoms with Crippen LogP contribution < -0.4 is 11.5 Å². The van der Waals surface area contributed by atoms with Gasteiger partial charge in [-0.25, -0.2) is 13.8 Å². The molecule has 0 aliphatic rings. The highest BCUT2D eigenvalue weighted by Crippen LogP contribution is 2.28. The summed E-state index contributed by atoms with van der Waals surface area (Å²) in [4.78, 5) is 14.9. The lowest BCUT2D eigenvalue weighted by molar-refractivity contribution is -0.142. The number of esters is 1. The van der Waals surface area contributed by atoms with Crippen LogP contribution in [0.4, 0.5) is 20.3 Å². The second-order valence-corrected chi connectivity index (χ2v) is 3.28. The normalized spacial score (nSPS) is 10.6. The number of aromatic nitrogens is 1. The van der Waals surface area contributed by atoms with Crippen LogP contribution in [0.3, 0.4) is 0 Å². The van der Waals surface area contributed by atoms with Crippen molar-refractivity contribution in [2.45, 2.75) is 19.8 Å². The molecule has 0 aromatic carbocycles. The third-order valence-corrected chi connectivity index (χ3v) is 2.04. The van der Waals surface area contributed by atoms with Crippen LogP contribution in [0.25, 0.3) is 0 Å². The molecule has 0 bridgehead atoms. The highest BCUT2D eigenvalue weighted by molar-refractivity contribution is 5.73. The van der Waals surface area contributed by atoms with Gasteiger partial charge in [0, 0.05) is 5.56 Å². The maximum Gasteiger partial charge on any atom is 0.311 e. The first kappa shape index (κ1) is 13.1. The summed E-state index contributed by atoms with van der Waals surface area (Å²) in [5.41, 5.74) is 10.2. The van der Waals surface area contributed by atoms with Crippen LogP contribution in [0.15, 0.2) is 6.07 Å². The summed E-state index contributed by atoms with van der Waals surface area (Å²) in [6.07, 6.45) is -2.97. The number of pyridine rings is 1. The SMILES string of the molecule is CCOC(=O)Cc1cc(C(F)F)c(N)c(N)n1. The molecule has 0 aliphatic carbocycles. The maximum absolute atomic E-state index is 12.6. The summed E-state index contributed by atoms with van der Waals surface area (Å²) in [5, 5.41) is 0. The van der Waals surface area contributed by atoms with Crippen LogP contribution in [-0.2, 0) is 16.0 Å². The van der Waals surface area contributed by atoms with Gasteiger partial charge >= 0.3 is 5.97 Å². The molecule has 17 heavy (non-hydrogen) atoms. The van der Waals surface area contributed by atoms with Crippen LogP contribution in [0.2, 0.25) is 0 Å². The van der Waals surface area contributed by atoms with Gasteiger partial charge in [-0.2, -0.15) is 0 Å². The number of nitrogens with two attached hydrogens (primary N) is 2. The van der Waals surface area contributed by atoms with Gasteiger partial charge in [0.2, 0.25) is 0 Å². The molecule has 1 rings (SSSR count). The number of anilines is 2. The molecule has 0 amide bonds. The highest BCUT2D eigenvalue weighted by atomic mass is 19.3. The maximum atomic E-state index is 12.6. The fourth-order valence-electron chi connectivity index (χ4n) is 1.28. The molecule has 4 N–H and O–H groups in total. The van der Waals surface area contributed by atoms with Gasteiger partial charge in [-0.3, -0.25) is 4.79 Å². The predicted molar refractivity (Wildman–Crippen MR) is 58.4 cm³/mol. The third-order valence-electron chi connectivity index (χ3n) is 2.04. The van der Waals surface area contributed by atoms with E-state index >= 15 is 0 Å². The number of carbonyl (C=O) groups excluding carboxylic acids is 1. The smallest absolute Gasteiger partial charge is 0.311 e. The first-order valence-electron chi connectivity index (χ1n) is 4.94. The minimum absolute atomic E-state index is 0.116. The Kier molecular flexibility index (Phi) is 4.19. The molecule has 0 spiro atoms. The van der Waals surface area contributed by atoms with E-state index in [9.17, 15) is 13.6 Å². The van der Waals surface area contributed by atoms with E-state index in [1.165, 1.54) is 0 Å². The van der Waals surface area contributed by atoms with Gasteiger partial charge in [-0.15, -0.1) is 0 Å². The molecule has 1 aromatic rings. The van der Waals surface area contributed by atoms with Crippen molar-refractivity contribution in [3.05, 3.63) is 17.3 Å². The van der Waals surface area contributed by atoms with Gasteiger partial charge in [0.25, 0.3) is 6.43 Å². The Labute approximate surface area is 96.8 Å². The van der Waals surface area contributed by atoms with E-state index in [1.807, 2.05) is 0 Å².